The highest BCUT2D eigenvalue weighted by molar-refractivity contribution is 4.80. The summed E-state index contributed by atoms with van der Waals surface area (Å²) in [5, 5.41) is 0. The first-order valence-electron chi connectivity index (χ1n) is 4.36. The minimum absolute atomic E-state index is 0.542. The molecule has 0 aromatic carbocycles. The summed E-state index contributed by atoms with van der Waals surface area (Å²) in [6, 6.07) is 0. The Morgan fingerprint density at radius 3 is 2.45 bits per heavy atom. The summed E-state index contributed by atoms with van der Waals surface area (Å²) >= 11 is 0. The molecule has 4 N–H and O–H groups in total. The zero-order chi connectivity index (χ0) is 8.27. The topological polar surface area (TPSA) is 55.3 Å². The number of hydrogen-bond donors (Lipinski definition) is 2. The van der Waals surface area contributed by atoms with Crippen LogP contribution in [0.15, 0.2) is 0 Å². The monoisotopic (exact) mass is 157 g/mol. The molecule has 1 aliphatic heterocycles. The molecule has 0 saturated carbocycles. The number of hydrogen-bond acceptors (Lipinski definition) is 3. The zero-order valence-corrected chi connectivity index (χ0v) is 7.29. The largest absolute Gasteiger partial charge is 0.330 e. The van der Waals surface area contributed by atoms with Crippen LogP contribution in [-0.2, 0) is 0 Å². The fourth-order valence-electron chi connectivity index (χ4n) is 1.84. The Balaban J connectivity index is 2.34. The lowest BCUT2D eigenvalue weighted by Gasteiger charge is -2.19. The molecule has 0 bridgehead atoms. The van der Waals surface area contributed by atoms with Gasteiger partial charge in [-0.25, -0.2) is 0 Å². The highest BCUT2D eigenvalue weighted by Gasteiger charge is 2.25. The standard InChI is InChI=1S/C8H19N3/c1-11-3-2-7(6-11)8(4-9)5-10/h7-8H,2-6,9-10H2,1H3. The molecule has 3 nitrogen and oxygen atoms in total. The Kier molecular flexibility index (Phi) is 3.30. The van der Waals surface area contributed by atoms with E-state index in [1.807, 2.05) is 0 Å². The van der Waals surface area contributed by atoms with Crippen molar-refractivity contribution in [3.05, 3.63) is 0 Å². The van der Waals surface area contributed by atoms with Crippen LogP contribution in [0.1, 0.15) is 6.42 Å². The van der Waals surface area contributed by atoms with Gasteiger partial charge < -0.3 is 16.4 Å². The van der Waals surface area contributed by atoms with Gasteiger partial charge in [-0.1, -0.05) is 0 Å². The van der Waals surface area contributed by atoms with Crippen molar-refractivity contribution in [3.63, 3.8) is 0 Å². The fraction of sp³-hybridized carbons (Fsp3) is 1.00. The van der Waals surface area contributed by atoms with Crippen molar-refractivity contribution in [2.75, 3.05) is 33.2 Å². The smallest absolute Gasteiger partial charge is 0.00107 e. The Morgan fingerprint density at radius 1 is 1.45 bits per heavy atom. The number of nitrogens with two attached hydrogens (primary N) is 2. The zero-order valence-electron chi connectivity index (χ0n) is 7.29. The summed E-state index contributed by atoms with van der Waals surface area (Å²) in [6.45, 7) is 3.88. The van der Waals surface area contributed by atoms with Crippen LogP contribution in [0, 0.1) is 11.8 Å². The molecule has 1 fully saturated rings. The van der Waals surface area contributed by atoms with Crippen molar-refractivity contribution in [2.45, 2.75) is 6.42 Å². The molecule has 1 saturated heterocycles. The second kappa shape index (κ2) is 4.04. The van der Waals surface area contributed by atoms with Gasteiger partial charge in [0.05, 0.1) is 0 Å². The van der Waals surface area contributed by atoms with Crippen LogP contribution in [0.3, 0.4) is 0 Å². The third-order valence-electron chi connectivity index (χ3n) is 2.70. The van der Waals surface area contributed by atoms with Gasteiger partial charge in [0.25, 0.3) is 0 Å². The summed E-state index contributed by atoms with van der Waals surface area (Å²) in [4.78, 5) is 2.35. The van der Waals surface area contributed by atoms with Gasteiger partial charge in [-0.05, 0) is 44.9 Å². The molecular weight excluding hydrogens is 138 g/mol. The molecule has 0 radical (unpaired) electrons. The predicted octanol–water partition coefficient (Wildman–Crippen LogP) is -0.528. The van der Waals surface area contributed by atoms with Crippen molar-refractivity contribution >= 4 is 0 Å². The van der Waals surface area contributed by atoms with Crippen LogP contribution in [0.5, 0.6) is 0 Å². The van der Waals surface area contributed by atoms with E-state index < -0.39 is 0 Å². The third-order valence-corrected chi connectivity index (χ3v) is 2.70. The van der Waals surface area contributed by atoms with E-state index in [0.717, 1.165) is 19.0 Å². The minimum atomic E-state index is 0.542. The molecule has 11 heavy (non-hydrogen) atoms. The first kappa shape index (κ1) is 8.97. The summed E-state index contributed by atoms with van der Waals surface area (Å²) in [6.07, 6.45) is 1.27. The van der Waals surface area contributed by atoms with Crippen LogP contribution < -0.4 is 11.5 Å². The van der Waals surface area contributed by atoms with Gasteiger partial charge in [0.15, 0.2) is 0 Å². The summed E-state index contributed by atoms with van der Waals surface area (Å²) in [7, 11) is 2.16. The molecule has 0 spiro atoms. The normalized spacial score (nSPS) is 26.7. The van der Waals surface area contributed by atoms with Crippen LogP contribution in [-0.4, -0.2) is 38.1 Å². The molecule has 0 amide bonds. The summed E-state index contributed by atoms with van der Waals surface area (Å²) < 4.78 is 0. The average Bonchev–Trinajstić information content (AvgIpc) is 2.39. The Morgan fingerprint density at radius 2 is 2.09 bits per heavy atom. The molecular formula is C8H19N3. The molecule has 0 aliphatic carbocycles. The van der Waals surface area contributed by atoms with E-state index >= 15 is 0 Å². The van der Waals surface area contributed by atoms with Gasteiger partial charge in [0.2, 0.25) is 0 Å². The van der Waals surface area contributed by atoms with Crippen LogP contribution >= 0.6 is 0 Å². The van der Waals surface area contributed by atoms with Crippen LogP contribution in [0.25, 0.3) is 0 Å². The molecule has 1 aliphatic rings. The van der Waals surface area contributed by atoms with Crippen molar-refractivity contribution in [3.8, 4) is 0 Å². The maximum Gasteiger partial charge on any atom is 0.00107 e. The van der Waals surface area contributed by atoms with Crippen LogP contribution in [0.4, 0.5) is 0 Å². The van der Waals surface area contributed by atoms with Crippen molar-refractivity contribution < 1.29 is 0 Å². The van der Waals surface area contributed by atoms with E-state index in [4.69, 9.17) is 11.5 Å². The molecule has 66 valence electrons. The lowest BCUT2D eigenvalue weighted by molar-refractivity contribution is 0.329. The molecule has 0 aromatic heterocycles. The maximum absolute atomic E-state index is 5.61. The molecule has 0 aromatic rings. The molecule has 3 heteroatoms. The minimum Gasteiger partial charge on any atom is -0.330 e. The van der Waals surface area contributed by atoms with Gasteiger partial charge in [-0.15, -0.1) is 0 Å². The number of nitrogens with zero attached hydrogens (tertiary/aromatic N) is 1. The van der Waals surface area contributed by atoms with Crippen molar-refractivity contribution in [1.82, 2.24) is 4.90 Å². The first-order valence-corrected chi connectivity index (χ1v) is 4.36. The summed E-state index contributed by atoms with van der Waals surface area (Å²) in [5.41, 5.74) is 11.2. The number of likely N-dealkylation sites (tertiary alicyclic amines) is 1. The average molecular weight is 157 g/mol. The van der Waals surface area contributed by atoms with Crippen molar-refractivity contribution in [1.29, 1.82) is 0 Å². The highest BCUT2D eigenvalue weighted by atomic mass is 15.1. The summed E-state index contributed by atoms with van der Waals surface area (Å²) in [5.74, 6) is 1.29. The highest BCUT2D eigenvalue weighted by Crippen LogP contribution is 2.21. The Labute approximate surface area is 68.7 Å². The fourth-order valence-corrected chi connectivity index (χ4v) is 1.84. The van der Waals surface area contributed by atoms with Gasteiger partial charge in [-0.3, -0.25) is 0 Å². The molecule has 1 rings (SSSR count). The third kappa shape index (κ3) is 2.15. The van der Waals surface area contributed by atoms with Crippen molar-refractivity contribution in [2.24, 2.45) is 23.3 Å². The predicted molar refractivity (Wildman–Crippen MR) is 47.2 cm³/mol. The van der Waals surface area contributed by atoms with Gasteiger partial charge in [0, 0.05) is 6.54 Å². The van der Waals surface area contributed by atoms with Gasteiger partial charge >= 0.3 is 0 Å². The van der Waals surface area contributed by atoms with E-state index in [0.29, 0.717) is 5.92 Å². The Hall–Kier alpha value is -0.120. The van der Waals surface area contributed by atoms with Gasteiger partial charge in [0.1, 0.15) is 0 Å². The lowest BCUT2D eigenvalue weighted by Crippen LogP contribution is -2.31. The second-order valence-electron chi connectivity index (χ2n) is 3.54. The van der Waals surface area contributed by atoms with Gasteiger partial charge in [-0.2, -0.15) is 0 Å². The Bertz CT molecular complexity index is 112. The SMILES string of the molecule is CN1CCC(C(CN)CN)C1. The van der Waals surface area contributed by atoms with E-state index in [-0.39, 0.29) is 0 Å². The molecule has 1 atom stereocenters. The van der Waals surface area contributed by atoms with E-state index in [2.05, 4.69) is 11.9 Å². The molecule has 1 heterocycles. The number of rotatable bonds is 3. The lowest BCUT2D eigenvalue weighted by atomic mass is 9.92. The van der Waals surface area contributed by atoms with Crippen LogP contribution in [0.2, 0.25) is 0 Å². The quantitative estimate of drug-likeness (QED) is 0.579. The first-order chi connectivity index (χ1) is 5.27. The van der Waals surface area contributed by atoms with E-state index in [1.165, 1.54) is 19.5 Å². The maximum atomic E-state index is 5.61. The van der Waals surface area contributed by atoms with E-state index in [1.54, 1.807) is 0 Å². The molecule has 1 unspecified atom stereocenters. The second-order valence-corrected chi connectivity index (χ2v) is 3.54. The van der Waals surface area contributed by atoms with E-state index in [9.17, 15) is 0 Å².